The summed E-state index contributed by atoms with van der Waals surface area (Å²) in [6, 6.07) is 23.8. The van der Waals surface area contributed by atoms with Crippen molar-refractivity contribution in [3.8, 4) is 11.5 Å². The third-order valence-electron chi connectivity index (χ3n) is 4.68. The van der Waals surface area contributed by atoms with E-state index in [0.717, 1.165) is 17.0 Å². The van der Waals surface area contributed by atoms with Gasteiger partial charge in [0.15, 0.2) is 6.10 Å². The van der Waals surface area contributed by atoms with Crippen LogP contribution in [0.4, 0.5) is 5.69 Å². The summed E-state index contributed by atoms with van der Waals surface area (Å²) in [7, 11) is 1.61. The van der Waals surface area contributed by atoms with Crippen LogP contribution in [-0.4, -0.2) is 19.1 Å². The minimum Gasteiger partial charge on any atom is -0.497 e. The van der Waals surface area contributed by atoms with Crippen LogP contribution in [0.1, 0.15) is 24.5 Å². The lowest BCUT2D eigenvalue weighted by Gasteiger charge is -2.18. The van der Waals surface area contributed by atoms with Crippen LogP contribution in [0.2, 0.25) is 0 Å². The van der Waals surface area contributed by atoms with Gasteiger partial charge in [0.25, 0.3) is 5.91 Å². The second-order valence-electron chi connectivity index (χ2n) is 6.93. The van der Waals surface area contributed by atoms with Crippen LogP contribution in [0.25, 0.3) is 0 Å². The minimum atomic E-state index is -0.579. The summed E-state index contributed by atoms with van der Waals surface area (Å²) in [6.45, 7) is 3.94. The zero-order valence-electron chi connectivity index (χ0n) is 17.6. The lowest BCUT2D eigenvalue weighted by Crippen LogP contribution is -2.32. The summed E-state index contributed by atoms with van der Waals surface area (Å²) in [5.41, 5.74) is 3.06. The Balaban J connectivity index is 1.61. The Morgan fingerprint density at radius 1 is 1.00 bits per heavy atom. The maximum Gasteiger partial charge on any atom is 0.265 e. The molecule has 3 aromatic rings. The van der Waals surface area contributed by atoms with E-state index in [2.05, 4.69) is 29.6 Å². The fraction of sp³-hybridized carbons (Fsp3) is 0.240. The van der Waals surface area contributed by atoms with Crippen LogP contribution in [0, 0.1) is 6.92 Å². The molecule has 3 aromatic carbocycles. The van der Waals surface area contributed by atoms with Gasteiger partial charge in [-0.05, 0) is 54.8 Å². The van der Waals surface area contributed by atoms with E-state index < -0.39 is 6.10 Å². The number of rotatable bonds is 9. The first-order valence-electron chi connectivity index (χ1n) is 9.98. The van der Waals surface area contributed by atoms with E-state index in [-0.39, 0.29) is 5.91 Å². The maximum atomic E-state index is 12.8. The molecular formula is C25H27NO3S. The van der Waals surface area contributed by atoms with Crippen molar-refractivity contribution in [1.29, 1.82) is 0 Å². The summed E-state index contributed by atoms with van der Waals surface area (Å²) in [5.74, 6) is 2.04. The SMILES string of the molecule is CC[C@@H](Oc1cccc(OC)c1)C(=O)Nc1ccc(CSc2ccccc2)cc1C. The quantitative estimate of drug-likeness (QED) is 0.425. The number of methoxy groups -OCH3 is 1. The van der Waals surface area contributed by atoms with Gasteiger partial charge in [-0.2, -0.15) is 0 Å². The highest BCUT2D eigenvalue weighted by atomic mass is 32.2. The van der Waals surface area contributed by atoms with E-state index in [0.29, 0.717) is 17.9 Å². The van der Waals surface area contributed by atoms with Crippen molar-refractivity contribution >= 4 is 23.4 Å². The van der Waals surface area contributed by atoms with E-state index in [4.69, 9.17) is 9.47 Å². The minimum absolute atomic E-state index is 0.158. The van der Waals surface area contributed by atoms with Gasteiger partial charge in [-0.25, -0.2) is 0 Å². The summed E-state index contributed by atoms with van der Waals surface area (Å²) < 4.78 is 11.1. The van der Waals surface area contributed by atoms with Crippen molar-refractivity contribution in [3.05, 3.63) is 83.9 Å². The monoisotopic (exact) mass is 421 g/mol. The summed E-state index contributed by atoms with van der Waals surface area (Å²) in [6.07, 6.45) is -0.0155. The molecule has 30 heavy (non-hydrogen) atoms. The van der Waals surface area contributed by atoms with Gasteiger partial charge in [-0.1, -0.05) is 43.3 Å². The maximum absolute atomic E-state index is 12.8. The molecule has 0 spiro atoms. The lowest BCUT2D eigenvalue weighted by molar-refractivity contribution is -0.122. The number of ether oxygens (including phenoxy) is 2. The van der Waals surface area contributed by atoms with Gasteiger partial charge >= 0.3 is 0 Å². The number of carbonyl (C=O) groups is 1. The molecule has 1 atom stereocenters. The van der Waals surface area contributed by atoms with Crippen LogP contribution in [0.15, 0.2) is 77.7 Å². The first-order valence-corrected chi connectivity index (χ1v) is 11.0. The van der Waals surface area contributed by atoms with Crippen molar-refractivity contribution in [1.82, 2.24) is 0 Å². The van der Waals surface area contributed by atoms with Crippen molar-refractivity contribution < 1.29 is 14.3 Å². The molecule has 0 radical (unpaired) electrons. The third kappa shape index (κ3) is 6.04. The average molecular weight is 422 g/mol. The Morgan fingerprint density at radius 3 is 2.47 bits per heavy atom. The molecule has 0 saturated carbocycles. The molecule has 4 nitrogen and oxygen atoms in total. The largest absolute Gasteiger partial charge is 0.497 e. The van der Waals surface area contributed by atoms with Gasteiger partial charge in [-0.3, -0.25) is 4.79 Å². The highest BCUT2D eigenvalue weighted by Gasteiger charge is 2.19. The number of anilines is 1. The molecule has 0 aliphatic heterocycles. The number of thioether (sulfide) groups is 1. The van der Waals surface area contributed by atoms with Gasteiger partial charge in [0.2, 0.25) is 0 Å². The average Bonchev–Trinajstić information content (AvgIpc) is 2.78. The van der Waals surface area contributed by atoms with Gasteiger partial charge in [0, 0.05) is 22.4 Å². The zero-order valence-corrected chi connectivity index (χ0v) is 18.4. The molecule has 5 heteroatoms. The third-order valence-corrected chi connectivity index (χ3v) is 5.76. The standard InChI is InChI=1S/C25H27NO3S/c1-4-24(29-21-10-8-9-20(16-21)28-3)25(27)26-23-14-13-19(15-18(23)2)17-30-22-11-6-5-7-12-22/h5-16,24H,4,17H2,1-3H3,(H,26,27)/t24-/m1/s1. The summed E-state index contributed by atoms with van der Waals surface area (Å²) in [4.78, 5) is 14.0. The lowest BCUT2D eigenvalue weighted by atomic mass is 10.1. The van der Waals surface area contributed by atoms with Crippen molar-refractivity contribution in [2.24, 2.45) is 0 Å². The number of carbonyl (C=O) groups excluding carboxylic acids is 1. The Bertz CT molecular complexity index is 975. The molecule has 0 fully saturated rings. The number of aryl methyl sites for hydroxylation is 1. The molecule has 0 aliphatic rings. The number of hydrogen-bond acceptors (Lipinski definition) is 4. The van der Waals surface area contributed by atoms with Gasteiger partial charge < -0.3 is 14.8 Å². The second-order valence-corrected chi connectivity index (χ2v) is 7.98. The molecule has 156 valence electrons. The molecule has 3 rings (SSSR count). The topological polar surface area (TPSA) is 47.6 Å². The normalized spacial score (nSPS) is 11.6. The summed E-state index contributed by atoms with van der Waals surface area (Å²) in [5, 5.41) is 3.01. The molecule has 0 unspecified atom stereocenters. The van der Waals surface area contributed by atoms with Crippen LogP contribution >= 0.6 is 11.8 Å². The number of benzene rings is 3. The Kier molecular flexibility index (Phi) is 7.80. The number of amides is 1. The molecule has 1 amide bonds. The predicted octanol–water partition coefficient (Wildman–Crippen LogP) is 6.09. The van der Waals surface area contributed by atoms with Gasteiger partial charge in [0.1, 0.15) is 11.5 Å². The van der Waals surface area contributed by atoms with Gasteiger partial charge in [0.05, 0.1) is 7.11 Å². The zero-order chi connectivity index (χ0) is 21.3. The van der Waals surface area contributed by atoms with Crippen molar-refractivity contribution in [2.45, 2.75) is 37.0 Å². The number of hydrogen-bond donors (Lipinski definition) is 1. The Morgan fingerprint density at radius 2 is 1.77 bits per heavy atom. The van der Waals surface area contributed by atoms with Gasteiger partial charge in [-0.15, -0.1) is 11.8 Å². The van der Waals surface area contributed by atoms with Crippen LogP contribution in [0.5, 0.6) is 11.5 Å². The molecule has 0 bridgehead atoms. The van der Waals surface area contributed by atoms with E-state index >= 15 is 0 Å². The van der Waals surface area contributed by atoms with E-state index in [9.17, 15) is 4.79 Å². The molecule has 0 heterocycles. The number of nitrogens with one attached hydrogen (secondary N) is 1. The summed E-state index contributed by atoms with van der Waals surface area (Å²) >= 11 is 1.80. The fourth-order valence-electron chi connectivity index (χ4n) is 3.01. The van der Waals surface area contributed by atoms with Crippen molar-refractivity contribution in [3.63, 3.8) is 0 Å². The predicted molar refractivity (Wildman–Crippen MR) is 124 cm³/mol. The van der Waals surface area contributed by atoms with E-state index in [1.165, 1.54) is 10.5 Å². The first kappa shape index (κ1) is 21.8. The smallest absolute Gasteiger partial charge is 0.265 e. The first-order chi connectivity index (χ1) is 14.6. The molecule has 0 aromatic heterocycles. The fourth-order valence-corrected chi connectivity index (χ4v) is 3.88. The molecule has 0 aliphatic carbocycles. The van der Waals surface area contributed by atoms with E-state index in [1.807, 2.05) is 56.3 Å². The van der Waals surface area contributed by atoms with Crippen LogP contribution in [0.3, 0.4) is 0 Å². The Hall–Kier alpha value is -2.92. The van der Waals surface area contributed by atoms with Crippen LogP contribution < -0.4 is 14.8 Å². The molecule has 1 N–H and O–H groups in total. The molecule has 0 saturated heterocycles. The highest BCUT2D eigenvalue weighted by molar-refractivity contribution is 7.98. The molecular weight excluding hydrogens is 394 g/mol. The highest BCUT2D eigenvalue weighted by Crippen LogP contribution is 2.26. The van der Waals surface area contributed by atoms with Crippen LogP contribution in [-0.2, 0) is 10.5 Å². The van der Waals surface area contributed by atoms with Crippen molar-refractivity contribution in [2.75, 3.05) is 12.4 Å². The Labute approximate surface area is 182 Å². The second kappa shape index (κ2) is 10.7. The van der Waals surface area contributed by atoms with E-state index in [1.54, 1.807) is 24.9 Å².